The standard InChI is InChI=1S/C18H26N3O4PS/c1-11-6-14(7-15(24-5)18(11)22)16(8-20-17-9-19-13(3)27-17)26(23)21(4)12(2)10-25-26/h6-7,9,12,16,20,22H,8,10H2,1-5H3/t12-,16?,26?/m0/s1. The molecule has 27 heavy (non-hydrogen) atoms. The van der Waals surface area contributed by atoms with Gasteiger partial charge in [-0.2, -0.15) is 0 Å². The normalized spacial score (nSPS) is 24.1. The van der Waals surface area contributed by atoms with Crippen LogP contribution in [0.3, 0.4) is 0 Å². The molecular weight excluding hydrogens is 385 g/mol. The summed E-state index contributed by atoms with van der Waals surface area (Å²) >= 11 is 1.55. The van der Waals surface area contributed by atoms with Crippen LogP contribution in [0.5, 0.6) is 11.5 Å². The van der Waals surface area contributed by atoms with E-state index in [-0.39, 0.29) is 11.8 Å². The molecule has 3 rings (SSSR count). The first-order chi connectivity index (χ1) is 12.8. The van der Waals surface area contributed by atoms with Crippen LogP contribution in [0.4, 0.5) is 5.00 Å². The van der Waals surface area contributed by atoms with Crippen LogP contribution >= 0.6 is 18.9 Å². The number of aryl methyl sites for hydroxylation is 2. The molecule has 148 valence electrons. The second kappa shape index (κ2) is 7.80. The highest BCUT2D eigenvalue weighted by Gasteiger charge is 2.46. The van der Waals surface area contributed by atoms with Crippen LogP contribution in [-0.2, 0) is 9.09 Å². The number of likely N-dealkylation sites (N-methyl/N-ethyl adjacent to an activating group) is 1. The summed E-state index contributed by atoms with van der Waals surface area (Å²) in [7, 11) is 0.221. The molecule has 3 atom stereocenters. The maximum absolute atomic E-state index is 13.8. The van der Waals surface area contributed by atoms with E-state index in [2.05, 4.69) is 10.3 Å². The van der Waals surface area contributed by atoms with Crippen molar-refractivity contribution in [3.05, 3.63) is 34.5 Å². The summed E-state index contributed by atoms with van der Waals surface area (Å²) in [5.41, 5.74) is 1.06. The molecule has 1 aromatic carbocycles. The maximum atomic E-state index is 13.8. The van der Waals surface area contributed by atoms with E-state index in [4.69, 9.17) is 9.26 Å². The van der Waals surface area contributed by atoms with Gasteiger partial charge in [-0.1, -0.05) is 6.07 Å². The van der Waals surface area contributed by atoms with Gasteiger partial charge in [0, 0.05) is 12.6 Å². The predicted octanol–water partition coefficient (Wildman–Crippen LogP) is 4.17. The molecule has 0 radical (unpaired) electrons. The van der Waals surface area contributed by atoms with Gasteiger partial charge in [0.2, 0.25) is 0 Å². The van der Waals surface area contributed by atoms with Crippen molar-refractivity contribution in [2.75, 3.05) is 32.6 Å². The molecule has 0 saturated carbocycles. The second-order valence-electron chi connectivity index (χ2n) is 6.81. The van der Waals surface area contributed by atoms with Crippen LogP contribution in [0.25, 0.3) is 0 Å². The lowest BCUT2D eigenvalue weighted by Gasteiger charge is -2.30. The van der Waals surface area contributed by atoms with Gasteiger partial charge in [0.1, 0.15) is 5.00 Å². The molecule has 2 heterocycles. The summed E-state index contributed by atoms with van der Waals surface area (Å²) < 4.78 is 26.8. The fraction of sp³-hybridized carbons (Fsp3) is 0.500. The fourth-order valence-corrected chi connectivity index (χ4v) is 6.56. The highest BCUT2D eigenvalue weighted by Crippen LogP contribution is 2.66. The number of aromatic nitrogens is 1. The lowest BCUT2D eigenvalue weighted by atomic mass is 10.1. The molecule has 2 N–H and O–H groups in total. The topological polar surface area (TPSA) is 83.9 Å². The number of phenolic OH excluding ortho intramolecular Hbond substituents is 1. The number of hydrogen-bond acceptors (Lipinski definition) is 7. The Labute approximate surface area is 163 Å². The van der Waals surface area contributed by atoms with Gasteiger partial charge in [0.15, 0.2) is 11.5 Å². The second-order valence-corrected chi connectivity index (χ2v) is 10.7. The molecule has 1 saturated heterocycles. The first kappa shape index (κ1) is 20.1. The minimum Gasteiger partial charge on any atom is -0.504 e. The lowest BCUT2D eigenvalue weighted by molar-refractivity contribution is 0.329. The Morgan fingerprint density at radius 1 is 1.52 bits per heavy atom. The smallest absolute Gasteiger partial charge is 0.281 e. The first-order valence-electron chi connectivity index (χ1n) is 8.77. The first-order valence-corrected chi connectivity index (χ1v) is 11.2. The number of aromatic hydroxyl groups is 1. The molecule has 1 aliphatic heterocycles. The minimum atomic E-state index is -3.13. The van der Waals surface area contributed by atoms with Crippen molar-refractivity contribution in [2.24, 2.45) is 0 Å². The van der Waals surface area contributed by atoms with E-state index in [1.54, 1.807) is 30.5 Å². The lowest BCUT2D eigenvalue weighted by Crippen LogP contribution is -2.24. The van der Waals surface area contributed by atoms with Crippen molar-refractivity contribution in [2.45, 2.75) is 32.5 Å². The number of nitrogens with one attached hydrogen (secondary N) is 1. The third-order valence-corrected chi connectivity index (χ3v) is 8.89. The van der Waals surface area contributed by atoms with E-state index in [1.807, 2.05) is 31.6 Å². The number of benzene rings is 1. The van der Waals surface area contributed by atoms with Crippen LogP contribution in [0.1, 0.15) is 28.7 Å². The third-order valence-electron chi connectivity index (χ3n) is 4.96. The van der Waals surface area contributed by atoms with E-state index < -0.39 is 13.2 Å². The summed E-state index contributed by atoms with van der Waals surface area (Å²) in [4.78, 5) is 4.25. The number of anilines is 1. The number of methoxy groups -OCH3 is 1. The Morgan fingerprint density at radius 2 is 2.26 bits per heavy atom. The zero-order valence-electron chi connectivity index (χ0n) is 16.2. The Hall–Kier alpha value is -1.60. The Balaban J connectivity index is 1.99. The zero-order chi connectivity index (χ0) is 19.8. The van der Waals surface area contributed by atoms with Gasteiger partial charge in [0.25, 0.3) is 7.52 Å². The van der Waals surface area contributed by atoms with Gasteiger partial charge < -0.3 is 19.7 Å². The Bertz CT molecular complexity index is 872. The van der Waals surface area contributed by atoms with E-state index in [9.17, 15) is 9.67 Å². The van der Waals surface area contributed by atoms with Gasteiger partial charge in [-0.25, -0.2) is 9.65 Å². The molecule has 0 amide bonds. The van der Waals surface area contributed by atoms with Crippen LogP contribution in [0, 0.1) is 13.8 Å². The van der Waals surface area contributed by atoms with Gasteiger partial charge in [-0.05, 0) is 45.0 Å². The van der Waals surface area contributed by atoms with E-state index in [1.165, 1.54) is 7.11 Å². The molecule has 0 aliphatic carbocycles. The van der Waals surface area contributed by atoms with Gasteiger partial charge >= 0.3 is 0 Å². The van der Waals surface area contributed by atoms with Crippen LogP contribution < -0.4 is 10.1 Å². The average molecular weight is 411 g/mol. The molecular formula is C18H26N3O4PS. The van der Waals surface area contributed by atoms with Crippen molar-refractivity contribution in [3.8, 4) is 11.5 Å². The number of rotatable bonds is 6. The minimum absolute atomic E-state index is 0.0732. The summed E-state index contributed by atoms with van der Waals surface area (Å²) in [6, 6.07) is 3.66. The number of thiazole rings is 1. The molecule has 1 aromatic heterocycles. The Kier molecular flexibility index (Phi) is 5.82. The third kappa shape index (κ3) is 3.85. The van der Waals surface area contributed by atoms with Crippen molar-refractivity contribution in [1.29, 1.82) is 0 Å². The monoisotopic (exact) mass is 411 g/mol. The molecule has 7 nitrogen and oxygen atoms in total. The summed E-state index contributed by atoms with van der Waals surface area (Å²) in [6.45, 7) is 6.59. The van der Waals surface area contributed by atoms with Crippen molar-refractivity contribution in [1.82, 2.24) is 9.65 Å². The Morgan fingerprint density at radius 3 is 2.81 bits per heavy atom. The van der Waals surface area contributed by atoms with Gasteiger partial charge in [-0.15, -0.1) is 11.3 Å². The molecule has 0 bridgehead atoms. The summed E-state index contributed by atoms with van der Waals surface area (Å²) in [6.07, 6.45) is 1.78. The van der Waals surface area contributed by atoms with Crippen molar-refractivity contribution < 1.29 is 18.9 Å². The molecule has 1 aliphatic rings. The molecule has 1 fully saturated rings. The van der Waals surface area contributed by atoms with Crippen LogP contribution in [0.15, 0.2) is 18.3 Å². The summed E-state index contributed by atoms with van der Waals surface area (Å²) in [5.74, 6) is 0.462. The summed E-state index contributed by atoms with van der Waals surface area (Å²) in [5, 5.41) is 15.4. The SMILES string of the molecule is COc1cc(C(CNc2cnc(C)s2)P2(=O)OC[C@H](C)N2C)cc(C)c1O. The largest absolute Gasteiger partial charge is 0.504 e. The highest BCUT2D eigenvalue weighted by molar-refractivity contribution is 7.57. The van der Waals surface area contributed by atoms with Crippen molar-refractivity contribution in [3.63, 3.8) is 0 Å². The number of hydrogen-bond donors (Lipinski definition) is 2. The van der Waals surface area contributed by atoms with Crippen molar-refractivity contribution >= 4 is 23.9 Å². The molecule has 0 spiro atoms. The molecule has 2 aromatic rings. The highest BCUT2D eigenvalue weighted by atomic mass is 32.1. The van der Waals surface area contributed by atoms with E-state index >= 15 is 0 Å². The zero-order valence-corrected chi connectivity index (χ0v) is 17.9. The molecule has 2 unspecified atom stereocenters. The van der Waals surface area contributed by atoms with Gasteiger partial charge in [0.05, 0.1) is 30.6 Å². The molecule has 9 heteroatoms. The van der Waals surface area contributed by atoms with E-state index in [0.717, 1.165) is 15.6 Å². The average Bonchev–Trinajstić information content (AvgIpc) is 3.17. The van der Waals surface area contributed by atoms with Crippen LogP contribution in [0.2, 0.25) is 0 Å². The van der Waals surface area contributed by atoms with Gasteiger partial charge in [-0.3, -0.25) is 4.57 Å². The number of phenols is 1. The van der Waals surface area contributed by atoms with E-state index in [0.29, 0.717) is 24.5 Å². The fourth-order valence-electron chi connectivity index (χ4n) is 3.18. The van der Waals surface area contributed by atoms with Crippen LogP contribution in [-0.4, -0.2) is 48.1 Å². The maximum Gasteiger partial charge on any atom is 0.281 e. The predicted molar refractivity (Wildman–Crippen MR) is 108 cm³/mol. The quantitative estimate of drug-likeness (QED) is 0.690. The number of nitrogens with zero attached hydrogens (tertiary/aromatic N) is 2. The number of ether oxygens (including phenoxy) is 1.